The third-order valence-corrected chi connectivity index (χ3v) is 3.43. The summed E-state index contributed by atoms with van der Waals surface area (Å²) in [6.45, 7) is 6.49. The van der Waals surface area contributed by atoms with Crippen molar-refractivity contribution >= 4 is 21.5 Å². The van der Waals surface area contributed by atoms with Crippen LogP contribution in [0.25, 0.3) is 0 Å². The lowest BCUT2D eigenvalue weighted by molar-refractivity contribution is 0.307. The van der Waals surface area contributed by atoms with Crippen molar-refractivity contribution in [3.63, 3.8) is 0 Å². The summed E-state index contributed by atoms with van der Waals surface area (Å²) in [5.74, 6) is 0.967. The van der Waals surface area contributed by atoms with E-state index in [9.17, 15) is 8.42 Å². The Morgan fingerprint density at radius 2 is 2.05 bits per heavy atom. The molecule has 8 heteroatoms. The van der Waals surface area contributed by atoms with Crippen molar-refractivity contribution in [1.29, 1.82) is 0 Å². The summed E-state index contributed by atoms with van der Waals surface area (Å²) in [5.41, 5.74) is 5.63. The van der Waals surface area contributed by atoms with Crippen LogP contribution in [-0.2, 0) is 10.0 Å². The predicted octanol–water partition coefficient (Wildman–Crippen LogP) is 1.19. The van der Waals surface area contributed by atoms with Crippen LogP contribution in [-0.4, -0.2) is 38.3 Å². The summed E-state index contributed by atoms with van der Waals surface area (Å²) >= 11 is 0. The van der Waals surface area contributed by atoms with Crippen molar-refractivity contribution in [2.75, 3.05) is 30.5 Å². The minimum atomic E-state index is -3.27. The molecule has 7 nitrogen and oxygen atoms in total. The fourth-order valence-corrected chi connectivity index (χ4v) is 2.79. The van der Waals surface area contributed by atoms with Gasteiger partial charge in [0.1, 0.15) is 5.82 Å². The highest BCUT2D eigenvalue weighted by atomic mass is 32.2. The molecule has 21 heavy (non-hydrogen) atoms. The molecule has 0 bridgehead atoms. The van der Waals surface area contributed by atoms with Crippen molar-refractivity contribution < 1.29 is 13.2 Å². The molecule has 0 aliphatic rings. The number of nitrogen functional groups attached to an aromatic ring is 1. The smallest absolute Gasteiger partial charge is 0.239 e. The second kappa shape index (κ2) is 6.95. The second-order valence-electron chi connectivity index (χ2n) is 5.55. The lowest BCUT2D eigenvalue weighted by atomic mass is 10.1. The van der Waals surface area contributed by atoms with Crippen molar-refractivity contribution in [2.45, 2.75) is 32.7 Å². The van der Waals surface area contributed by atoms with E-state index in [1.807, 2.05) is 6.92 Å². The highest BCUT2D eigenvalue weighted by Gasteiger charge is 2.22. The van der Waals surface area contributed by atoms with Gasteiger partial charge < -0.3 is 15.8 Å². The molecule has 0 fully saturated rings. The number of nitrogens with one attached hydrogen (secondary N) is 2. The molecule has 0 spiro atoms. The number of sulfonamides is 1. The number of aromatic nitrogens is 1. The summed E-state index contributed by atoms with van der Waals surface area (Å²) in [6.07, 6.45) is 2.00. The number of pyridine rings is 1. The molecule has 1 heterocycles. The third-order valence-electron chi connectivity index (χ3n) is 2.51. The summed E-state index contributed by atoms with van der Waals surface area (Å²) in [6, 6.07) is 3.43. The van der Waals surface area contributed by atoms with Gasteiger partial charge in [-0.25, -0.2) is 13.1 Å². The minimum absolute atomic E-state index is 0.379. The van der Waals surface area contributed by atoms with Gasteiger partial charge in [-0.2, -0.15) is 4.98 Å². The van der Waals surface area contributed by atoms with E-state index in [4.69, 9.17) is 10.5 Å². The van der Waals surface area contributed by atoms with Gasteiger partial charge in [0, 0.05) is 12.1 Å². The first-order chi connectivity index (χ1) is 9.63. The lowest BCUT2D eigenvalue weighted by Gasteiger charge is -2.25. The maximum Gasteiger partial charge on any atom is 0.239 e. The Hall–Kier alpha value is -1.54. The van der Waals surface area contributed by atoms with Gasteiger partial charge in [0.25, 0.3) is 0 Å². The van der Waals surface area contributed by atoms with Gasteiger partial charge in [-0.05, 0) is 32.4 Å². The maximum absolute atomic E-state index is 11.3. The van der Waals surface area contributed by atoms with Crippen LogP contribution in [0, 0.1) is 0 Å². The molecule has 1 rings (SSSR count). The number of nitrogens with zero attached hydrogens (tertiary/aromatic N) is 1. The minimum Gasteiger partial charge on any atom is -0.476 e. The van der Waals surface area contributed by atoms with Gasteiger partial charge in [-0.3, -0.25) is 0 Å². The largest absolute Gasteiger partial charge is 0.476 e. The van der Waals surface area contributed by atoms with Crippen molar-refractivity contribution in [3.8, 4) is 5.88 Å². The molecule has 1 aromatic rings. The molecule has 0 aliphatic heterocycles. The van der Waals surface area contributed by atoms with E-state index in [-0.39, 0.29) is 0 Å². The monoisotopic (exact) mass is 316 g/mol. The van der Waals surface area contributed by atoms with E-state index >= 15 is 0 Å². The highest BCUT2D eigenvalue weighted by molar-refractivity contribution is 7.88. The fraction of sp³-hybridized carbons (Fsp3) is 0.615. The third kappa shape index (κ3) is 6.63. The predicted molar refractivity (Wildman–Crippen MR) is 85.0 cm³/mol. The molecule has 0 aliphatic carbocycles. The van der Waals surface area contributed by atoms with Gasteiger partial charge in [0.05, 0.1) is 18.6 Å². The topological polar surface area (TPSA) is 106 Å². The molecule has 0 atom stereocenters. The number of nitrogens with two attached hydrogens (primary N) is 1. The van der Waals surface area contributed by atoms with Gasteiger partial charge in [-0.15, -0.1) is 0 Å². The number of ether oxygens (including phenoxy) is 1. The maximum atomic E-state index is 11.3. The Bertz CT molecular complexity index is 573. The molecular weight excluding hydrogens is 292 g/mol. The van der Waals surface area contributed by atoms with Gasteiger partial charge >= 0.3 is 0 Å². The molecule has 0 radical (unpaired) electrons. The molecule has 4 N–H and O–H groups in total. The number of anilines is 2. The first-order valence-electron chi connectivity index (χ1n) is 6.75. The number of hydrogen-bond acceptors (Lipinski definition) is 6. The van der Waals surface area contributed by atoms with Crippen LogP contribution in [0.3, 0.4) is 0 Å². The molecule has 120 valence electrons. The zero-order valence-corrected chi connectivity index (χ0v) is 13.8. The molecule has 1 aromatic heterocycles. The Balaban J connectivity index is 2.71. The number of rotatable bonds is 8. The molecular formula is C13H24N4O3S. The van der Waals surface area contributed by atoms with Crippen molar-refractivity contribution in [1.82, 2.24) is 9.71 Å². The summed E-state index contributed by atoms with van der Waals surface area (Å²) in [4.78, 5) is 4.27. The van der Waals surface area contributed by atoms with Crippen LogP contribution in [0.5, 0.6) is 5.88 Å². The van der Waals surface area contributed by atoms with Crippen LogP contribution < -0.4 is 20.5 Å². The second-order valence-corrected chi connectivity index (χ2v) is 7.30. The van der Waals surface area contributed by atoms with E-state index in [1.54, 1.807) is 26.0 Å². The van der Waals surface area contributed by atoms with E-state index < -0.39 is 15.6 Å². The van der Waals surface area contributed by atoms with Crippen LogP contribution >= 0.6 is 0 Å². The normalized spacial score (nSPS) is 12.2. The standard InChI is InChI=1S/C13H24N4O3S/c1-5-8-20-12-10(14)6-7-11(16-12)15-9-13(2,3)17-21(4,18)19/h6-7,17H,5,8-9,14H2,1-4H3,(H,15,16). The van der Waals surface area contributed by atoms with Crippen LogP contribution in [0.4, 0.5) is 11.5 Å². The molecule has 0 saturated carbocycles. The van der Waals surface area contributed by atoms with Crippen LogP contribution in [0.1, 0.15) is 27.2 Å². The molecule has 0 unspecified atom stereocenters. The van der Waals surface area contributed by atoms with E-state index in [1.165, 1.54) is 0 Å². The van der Waals surface area contributed by atoms with E-state index in [2.05, 4.69) is 15.0 Å². The first-order valence-corrected chi connectivity index (χ1v) is 8.64. The zero-order valence-electron chi connectivity index (χ0n) is 12.9. The van der Waals surface area contributed by atoms with E-state index in [0.717, 1.165) is 12.7 Å². The Kier molecular flexibility index (Phi) is 5.79. The SMILES string of the molecule is CCCOc1nc(NCC(C)(C)NS(C)(=O)=O)ccc1N. The zero-order chi connectivity index (χ0) is 16.1. The fourth-order valence-electron chi connectivity index (χ4n) is 1.71. The lowest BCUT2D eigenvalue weighted by Crippen LogP contribution is -2.47. The average Bonchev–Trinajstić information content (AvgIpc) is 2.33. The van der Waals surface area contributed by atoms with Gasteiger partial charge in [0.2, 0.25) is 15.9 Å². The van der Waals surface area contributed by atoms with Crippen molar-refractivity contribution in [2.24, 2.45) is 0 Å². The molecule has 0 saturated heterocycles. The summed E-state index contributed by atoms with van der Waals surface area (Å²) in [7, 11) is -3.27. The van der Waals surface area contributed by atoms with Gasteiger partial charge in [-0.1, -0.05) is 6.92 Å². The Morgan fingerprint density at radius 3 is 2.62 bits per heavy atom. The van der Waals surface area contributed by atoms with E-state index in [0.29, 0.717) is 30.5 Å². The Labute approximate surface area is 126 Å². The highest BCUT2D eigenvalue weighted by Crippen LogP contribution is 2.21. The molecule has 0 aromatic carbocycles. The summed E-state index contributed by atoms with van der Waals surface area (Å²) in [5, 5.41) is 3.08. The average molecular weight is 316 g/mol. The van der Waals surface area contributed by atoms with Crippen LogP contribution in [0.15, 0.2) is 12.1 Å². The summed E-state index contributed by atoms with van der Waals surface area (Å²) < 4.78 is 30.6. The first kappa shape index (κ1) is 17.5. The van der Waals surface area contributed by atoms with Gasteiger partial charge in [0.15, 0.2) is 0 Å². The number of hydrogen-bond donors (Lipinski definition) is 3. The van der Waals surface area contributed by atoms with Crippen molar-refractivity contribution in [3.05, 3.63) is 12.1 Å². The molecule has 0 amide bonds. The Morgan fingerprint density at radius 1 is 1.38 bits per heavy atom. The quantitative estimate of drug-likeness (QED) is 0.665. The van der Waals surface area contributed by atoms with Crippen LogP contribution in [0.2, 0.25) is 0 Å².